The molecule has 0 fully saturated rings. The number of ketones is 2. The van der Waals surface area contributed by atoms with Crippen molar-refractivity contribution in [2.45, 2.75) is 63.8 Å². The molecule has 0 radical (unpaired) electrons. The van der Waals surface area contributed by atoms with Gasteiger partial charge in [-0.2, -0.15) is 0 Å². The van der Waals surface area contributed by atoms with Crippen molar-refractivity contribution < 1.29 is 28.7 Å². The SMILES string of the molecule is NC(=NCCCC[C@@H](NC(=O)CCCOc1ccc2ccccc2c1-c1c(OCCCC(=O)NCC(=O)Cc2cccc3ccccc23)ccc2ccccc12)C(=O)Cc1cccc2ccccc12)NCl. The van der Waals surface area contributed by atoms with E-state index in [1.807, 2.05) is 133 Å². The Bertz CT molecular complexity index is 3200. The molecule has 0 aromatic heterocycles. The third kappa shape index (κ3) is 13.1. The van der Waals surface area contributed by atoms with E-state index >= 15 is 0 Å². The number of nitrogens with zero attached hydrogens (tertiary/aromatic N) is 1. The molecular weight excluding hydrogens is 910 g/mol. The predicted molar refractivity (Wildman–Crippen MR) is 286 cm³/mol. The van der Waals surface area contributed by atoms with Crippen molar-refractivity contribution in [3.8, 4) is 22.6 Å². The number of rotatable bonds is 24. The Morgan fingerprint density at radius 2 is 1.01 bits per heavy atom. The Kier molecular flexibility index (Phi) is 17.3. The number of carbonyl (C=O) groups excluding carboxylic acids is 4. The number of amides is 2. The first-order valence-corrected chi connectivity index (χ1v) is 24.6. The first-order valence-electron chi connectivity index (χ1n) is 24.3. The zero-order valence-corrected chi connectivity index (χ0v) is 40.4. The highest BCUT2D eigenvalue weighted by Gasteiger charge is 2.23. The number of fused-ring (bicyclic) bond motifs is 4. The van der Waals surface area contributed by atoms with Gasteiger partial charge in [-0.15, -0.1) is 0 Å². The van der Waals surface area contributed by atoms with Gasteiger partial charge in [-0.3, -0.25) is 29.0 Å². The number of guanidine groups is 1. The molecule has 8 rings (SSSR count). The van der Waals surface area contributed by atoms with Crippen molar-refractivity contribution in [2.75, 3.05) is 26.3 Å². The van der Waals surface area contributed by atoms with Crippen molar-refractivity contribution in [2.24, 2.45) is 10.7 Å². The number of hydrogen-bond donors (Lipinski definition) is 4. The average Bonchev–Trinajstić information content (AvgIpc) is 3.40. The van der Waals surface area contributed by atoms with E-state index in [4.69, 9.17) is 27.0 Å². The van der Waals surface area contributed by atoms with Crippen LogP contribution in [0.3, 0.4) is 0 Å². The fourth-order valence-corrected chi connectivity index (χ4v) is 9.18. The summed E-state index contributed by atoms with van der Waals surface area (Å²) in [5, 5.41) is 14.0. The van der Waals surface area contributed by atoms with Crippen molar-refractivity contribution in [3.05, 3.63) is 169 Å². The predicted octanol–water partition coefficient (Wildman–Crippen LogP) is 10.7. The molecule has 12 heteroatoms. The minimum absolute atomic E-state index is 0.0413. The lowest BCUT2D eigenvalue weighted by atomic mass is 9.92. The molecule has 71 heavy (non-hydrogen) atoms. The van der Waals surface area contributed by atoms with Gasteiger partial charge in [-0.1, -0.05) is 146 Å². The number of nitrogens with one attached hydrogen (secondary N) is 3. The Balaban J connectivity index is 0.913. The molecule has 11 nitrogen and oxygen atoms in total. The van der Waals surface area contributed by atoms with Crippen molar-refractivity contribution in [3.63, 3.8) is 0 Å². The van der Waals surface area contributed by atoms with Crippen molar-refractivity contribution >= 4 is 84.2 Å². The van der Waals surface area contributed by atoms with Crippen LogP contribution in [0.25, 0.3) is 54.2 Å². The molecular formula is C59H58ClN5O6. The number of carbonyl (C=O) groups is 4. The molecule has 0 saturated carbocycles. The summed E-state index contributed by atoms with van der Waals surface area (Å²) >= 11 is 5.54. The summed E-state index contributed by atoms with van der Waals surface area (Å²) in [5.41, 5.74) is 9.24. The van der Waals surface area contributed by atoms with Crippen LogP contribution in [0.5, 0.6) is 11.5 Å². The van der Waals surface area contributed by atoms with Gasteiger partial charge in [-0.25, -0.2) is 0 Å². The molecule has 0 heterocycles. The monoisotopic (exact) mass is 967 g/mol. The first kappa shape index (κ1) is 49.7. The van der Waals surface area contributed by atoms with E-state index in [-0.39, 0.29) is 74.8 Å². The van der Waals surface area contributed by atoms with Crippen LogP contribution in [0.4, 0.5) is 0 Å². The van der Waals surface area contributed by atoms with Crippen molar-refractivity contribution in [1.82, 2.24) is 15.5 Å². The lowest BCUT2D eigenvalue weighted by Gasteiger charge is -2.20. The van der Waals surface area contributed by atoms with Crippen LogP contribution in [0, 0.1) is 0 Å². The normalized spacial score (nSPS) is 11.9. The third-order valence-electron chi connectivity index (χ3n) is 12.6. The van der Waals surface area contributed by atoms with E-state index in [2.05, 4.69) is 44.7 Å². The van der Waals surface area contributed by atoms with Crippen LogP contribution >= 0.6 is 11.8 Å². The van der Waals surface area contributed by atoms with E-state index < -0.39 is 6.04 Å². The maximum absolute atomic E-state index is 13.9. The van der Waals surface area contributed by atoms with Gasteiger partial charge in [0, 0.05) is 55.1 Å². The molecule has 0 bridgehead atoms. The summed E-state index contributed by atoms with van der Waals surface area (Å²) in [4.78, 5) is 59.8. The van der Waals surface area contributed by atoms with Gasteiger partial charge in [0.2, 0.25) is 17.8 Å². The molecule has 0 aliphatic carbocycles. The molecule has 362 valence electrons. The Labute approximate surface area is 418 Å². The number of Topliss-reactive ketones (excluding diaryl/α,β-unsaturated/α-hetero) is 2. The third-order valence-corrected chi connectivity index (χ3v) is 12.8. The van der Waals surface area contributed by atoms with Crippen LogP contribution in [-0.2, 0) is 32.0 Å². The molecule has 0 spiro atoms. The highest BCUT2D eigenvalue weighted by Crippen LogP contribution is 2.45. The molecule has 0 aliphatic rings. The molecule has 8 aromatic rings. The van der Waals surface area contributed by atoms with Gasteiger partial charge in [0.25, 0.3) is 0 Å². The summed E-state index contributed by atoms with van der Waals surface area (Å²) in [7, 11) is 0. The van der Waals surface area contributed by atoms with Crippen LogP contribution < -0.4 is 30.7 Å². The van der Waals surface area contributed by atoms with E-state index in [1.165, 1.54) is 0 Å². The smallest absolute Gasteiger partial charge is 0.220 e. The largest absolute Gasteiger partial charge is 0.493 e. The van der Waals surface area contributed by atoms with Gasteiger partial charge in [0.15, 0.2) is 11.6 Å². The second-order valence-electron chi connectivity index (χ2n) is 17.6. The van der Waals surface area contributed by atoms with E-state index in [0.717, 1.165) is 65.3 Å². The molecule has 0 unspecified atom stereocenters. The highest BCUT2D eigenvalue weighted by molar-refractivity contribution is 6.21. The number of benzene rings is 8. The molecule has 5 N–H and O–H groups in total. The summed E-state index contributed by atoms with van der Waals surface area (Å²) in [5.74, 6) is 0.828. The fraction of sp³-hybridized carbons (Fsp3) is 0.237. The summed E-state index contributed by atoms with van der Waals surface area (Å²) in [6.07, 6.45) is 3.36. The number of nitrogens with two attached hydrogens (primary N) is 1. The Morgan fingerprint density at radius 1 is 0.535 bits per heavy atom. The van der Waals surface area contributed by atoms with E-state index in [1.54, 1.807) is 0 Å². The van der Waals surface area contributed by atoms with Gasteiger partial charge in [0.1, 0.15) is 11.5 Å². The Hall–Kier alpha value is -7.76. The van der Waals surface area contributed by atoms with Gasteiger partial charge >= 0.3 is 0 Å². The number of ether oxygens (including phenoxy) is 2. The second kappa shape index (κ2) is 24.7. The number of hydrogen-bond acceptors (Lipinski definition) is 7. The molecule has 0 saturated heterocycles. The van der Waals surface area contributed by atoms with Crippen LogP contribution in [0.1, 0.15) is 56.1 Å². The van der Waals surface area contributed by atoms with Crippen molar-refractivity contribution in [1.29, 1.82) is 0 Å². The molecule has 8 aromatic carbocycles. The maximum Gasteiger partial charge on any atom is 0.220 e. The number of unbranched alkanes of at least 4 members (excludes halogenated alkanes) is 1. The number of aliphatic imine (C=N–C) groups is 1. The fourth-order valence-electron chi connectivity index (χ4n) is 9.12. The minimum Gasteiger partial charge on any atom is -0.493 e. The molecule has 1 atom stereocenters. The van der Waals surface area contributed by atoms with Crippen LogP contribution in [0.2, 0.25) is 0 Å². The van der Waals surface area contributed by atoms with Gasteiger partial charge in [0.05, 0.1) is 25.8 Å². The maximum atomic E-state index is 13.9. The summed E-state index contributed by atoms with van der Waals surface area (Å²) in [6.45, 7) is 0.891. The Morgan fingerprint density at radius 3 is 1.56 bits per heavy atom. The van der Waals surface area contributed by atoms with Gasteiger partial charge < -0.3 is 25.8 Å². The summed E-state index contributed by atoms with van der Waals surface area (Å²) in [6, 6.07) is 51.3. The second-order valence-corrected chi connectivity index (χ2v) is 17.8. The highest BCUT2D eigenvalue weighted by atomic mass is 35.5. The van der Waals surface area contributed by atoms with E-state index in [9.17, 15) is 19.2 Å². The van der Waals surface area contributed by atoms with Gasteiger partial charge in [-0.05, 0) is 98.5 Å². The summed E-state index contributed by atoms with van der Waals surface area (Å²) < 4.78 is 13.1. The van der Waals surface area contributed by atoms with E-state index in [0.29, 0.717) is 50.1 Å². The average molecular weight is 969 g/mol. The molecule has 2 amide bonds. The number of halogens is 1. The standard InChI is InChI=1S/C59H58ClN5O6/c60-65-59(61)62-34-10-9-27-51(52(67)38-45-22-12-20-41-16-2-6-24-48(41)45)64-56(69)29-14-36-71-54-33-31-43-18-4-8-26-50(43)58(54)57-49-25-7-3-17-42(49)30-32-53(57)70-35-13-28-55(68)63-39-46(66)37-44-21-11-19-40-15-1-5-23-47(40)44/h1-8,11-12,15-26,30-33,51H,9-10,13-14,27-29,34-39H2,(H,63,68)(H,64,69)(H3,61,62,65)/t51-/m1/s1. The quantitative estimate of drug-likeness (QED) is 0.0201. The zero-order chi connectivity index (χ0) is 49.4. The zero-order valence-electron chi connectivity index (χ0n) is 39.6. The lowest BCUT2D eigenvalue weighted by Crippen LogP contribution is -2.41. The van der Waals surface area contributed by atoms with Crippen LogP contribution in [-0.4, -0.2) is 61.7 Å². The van der Waals surface area contributed by atoms with Crippen LogP contribution in [0.15, 0.2) is 163 Å². The topological polar surface area (TPSA) is 161 Å². The lowest BCUT2D eigenvalue weighted by molar-refractivity contribution is -0.127. The molecule has 0 aliphatic heterocycles. The minimum atomic E-state index is -0.684. The first-order chi connectivity index (χ1) is 34.7.